The van der Waals surface area contributed by atoms with Gasteiger partial charge in [0, 0.05) is 26.4 Å². The van der Waals surface area contributed by atoms with Crippen molar-refractivity contribution in [1.29, 1.82) is 0 Å². The number of carbonyl (C=O) groups is 2. The Balaban J connectivity index is 2.29. The fourth-order valence-electron chi connectivity index (χ4n) is 1.86. The van der Waals surface area contributed by atoms with Gasteiger partial charge in [0.25, 0.3) is 5.91 Å². The van der Waals surface area contributed by atoms with Crippen LogP contribution in [0.2, 0.25) is 0 Å². The number of aryl methyl sites for hydroxylation is 2. The third-order valence-electron chi connectivity index (χ3n) is 2.86. The van der Waals surface area contributed by atoms with Crippen LogP contribution in [0.25, 0.3) is 0 Å². The van der Waals surface area contributed by atoms with E-state index in [1.54, 1.807) is 0 Å². The number of halogens is 3. The predicted octanol–water partition coefficient (Wildman–Crippen LogP) is 1.21. The van der Waals surface area contributed by atoms with Gasteiger partial charge >= 0.3 is 12.1 Å². The zero-order valence-electron chi connectivity index (χ0n) is 12.3. The lowest BCUT2D eigenvalue weighted by atomic mass is 10.3. The molecule has 0 aliphatic carbocycles. The monoisotopic (exact) mass is 331 g/mol. The number of nitrogens with one attached hydrogen (secondary N) is 1. The molecule has 0 aliphatic heterocycles. The lowest BCUT2D eigenvalue weighted by Crippen LogP contribution is -2.15. The van der Waals surface area contributed by atoms with Gasteiger partial charge in [-0.05, 0) is 0 Å². The van der Waals surface area contributed by atoms with Gasteiger partial charge in [-0.1, -0.05) is 0 Å². The molecule has 0 fully saturated rings. The van der Waals surface area contributed by atoms with E-state index in [0.29, 0.717) is 10.7 Å². The molecule has 2 aromatic heterocycles. The minimum atomic E-state index is -4.63. The maximum atomic E-state index is 12.7. The fourth-order valence-corrected chi connectivity index (χ4v) is 1.86. The fraction of sp³-hybridized carbons (Fsp3) is 0.333. The van der Waals surface area contributed by atoms with Crippen molar-refractivity contribution >= 4 is 17.6 Å². The standard InChI is InChI=1S/C12H12F3N5O3/c1-19-5-7(9(18-19)11(22)23-3)16-10(21)6-4-8(12(13,14)15)20(2)17-6/h4-5H,1-3H3,(H,16,21). The van der Waals surface area contributed by atoms with Gasteiger partial charge in [0.2, 0.25) is 0 Å². The van der Waals surface area contributed by atoms with Crippen LogP contribution in [0.4, 0.5) is 18.9 Å². The van der Waals surface area contributed by atoms with Crippen molar-refractivity contribution in [3.05, 3.63) is 29.3 Å². The summed E-state index contributed by atoms with van der Waals surface area (Å²) in [6.07, 6.45) is -3.32. The largest absolute Gasteiger partial charge is 0.464 e. The summed E-state index contributed by atoms with van der Waals surface area (Å²) in [6.45, 7) is 0. The van der Waals surface area contributed by atoms with Gasteiger partial charge < -0.3 is 10.1 Å². The van der Waals surface area contributed by atoms with Crippen LogP contribution in [0.3, 0.4) is 0 Å². The predicted molar refractivity (Wildman–Crippen MR) is 70.7 cm³/mol. The molecular weight excluding hydrogens is 319 g/mol. The number of hydrogen-bond donors (Lipinski definition) is 1. The summed E-state index contributed by atoms with van der Waals surface area (Å²) in [5, 5.41) is 9.62. The number of methoxy groups -OCH3 is 1. The molecule has 0 saturated heterocycles. The van der Waals surface area contributed by atoms with Crippen LogP contribution in [0.5, 0.6) is 0 Å². The second-order valence-electron chi connectivity index (χ2n) is 4.55. The van der Waals surface area contributed by atoms with Gasteiger partial charge in [-0.25, -0.2) is 4.79 Å². The van der Waals surface area contributed by atoms with E-state index >= 15 is 0 Å². The smallest absolute Gasteiger partial charge is 0.433 e. The highest BCUT2D eigenvalue weighted by Gasteiger charge is 2.35. The van der Waals surface area contributed by atoms with Crippen molar-refractivity contribution < 1.29 is 27.5 Å². The van der Waals surface area contributed by atoms with Crippen molar-refractivity contribution in [2.75, 3.05) is 12.4 Å². The molecule has 2 aromatic rings. The number of rotatable bonds is 3. The Morgan fingerprint density at radius 3 is 2.43 bits per heavy atom. The first-order valence-corrected chi connectivity index (χ1v) is 6.18. The number of esters is 1. The van der Waals surface area contributed by atoms with Crippen molar-refractivity contribution in [2.24, 2.45) is 14.1 Å². The molecule has 1 amide bonds. The first-order valence-electron chi connectivity index (χ1n) is 6.18. The molecule has 124 valence electrons. The Kier molecular flexibility index (Phi) is 4.12. The second kappa shape index (κ2) is 5.74. The van der Waals surface area contributed by atoms with E-state index in [9.17, 15) is 22.8 Å². The Bertz CT molecular complexity index is 763. The Morgan fingerprint density at radius 2 is 1.91 bits per heavy atom. The van der Waals surface area contributed by atoms with Crippen molar-refractivity contribution in [2.45, 2.75) is 6.18 Å². The Morgan fingerprint density at radius 1 is 1.26 bits per heavy atom. The van der Waals surface area contributed by atoms with E-state index in [0.717, 1.165) is 14.2 Å². The molecule has 1 N–H and O–H groups in total. The first kappa shape index (κ1) is 16.5. The quantitative estimate of drug-likeness (QED) is 0.854. The summed E-state index contributed by atoms with van der Waals surface area (Å²) in [5.74, 6) is -1.70. The van der Waals surface area contributed by atoms with E-state index in [1.807, 2.05) is 0 Å². The molecule has 0 radical (unpaired) electrons. The number of amides is 1. The SMILES string of the molecule is COC(=O)c1nn(C)cc1NC(=O)c1cc(C(F)(F)F)n(C)n1. The maximum Gasteiger partial charge on any atom is 0.433 e. The van der Waals surface area contributed by atoms with E-state index in [-0.39, 0.29) is 11.4 Å². The average Bonchev–Trinajstić information content (AvgIpc) is 3.00. The van der Waals surface area contributed by atoms with E-state index in [4.69, 9.17) is 0 Å². The minimum Gasteiger partial charge on any atom is -0.464 e. The molecule has 0 spiro atoms. The molecule has 11 heteroatoms. The molecule has 23 heavy (non-hydrogen) atoms. The lowest BCUT2D eigenvalue weighted by Gasteiger charge is -2.04. The van der Waals surface area contributed by atoms with Crippen LogP contribution >= 0.6 is 0 Å². The van der Waals surface area contributed by atoms with Crippen LogP contribution < -0.4 is 5.32 Å². The Hall–Kier alpha value is -2.85. The summed E-state index contributed by atoms with van der Waals surface area (Å²) in [6, 6.07) is 0.615. The minimum absolute atomic E-state index is 0.00330. The van der Waals surface area contributed by atoms with Crippen LogP contribution in [0.1, 0.15) is 26.7 Å². The highest BCUT2D eigenvalue weighted by molar-refractivity contribution is 6.06. The first-order chi connectivity index (χ1) is 10.6. The number of nitrogens with zero attached hydrogens (tertiary/aromatic N) is 4. The summed E-state index contributed by atoms with van der Waals surface area (Å²) in [7, 11) is 3.71. The molecule has 0 aromatic carbocycles. The molecule has 0 unspecified atom stereocenters. The number of aromatic nitrogens is 4. The zero-order chi connectivity index (χ0) is 17.4. The summed E-state index contributed by atoms with van der Waals surface area (Å²) >= 11 is 0. The molecule has 2 rings (SSSR count). The van der Waals surface area contributed by atoms with Gasteiger partial charge in [-0.3, -0.25) is 14.2 Å². The van der Waals surface area contributed by atoms with Crippen LogP contribution in [-0.2, 0) is 25.0 Å². The Labute approximate surface area is 127 Å². The van der Waals surface area contributed by atoms with Crippen LogP contribution in [0.15, 0.2) is 12.3 Å². The summed E-state index contributed by atoms with van der Waals surface area (Å²) in [4.78, 5) is 23.6. The van der Waals surface area contributed by atoms with Gasteiger partial charge in [0.1, 0.15) is 5.69 Å². The summed E-state index contributed by atoms with van der Waals surface area (Å²) in [5.41, 5.74) is -1.68. The molecule has 8 nitrogen and oxygen atoms in total. The molecule has 0 aliphatic rings. The van der Waals surface area contributed by atoms with Crippen molar-refractivity contribution in [3.8, 4) is 0 Å². The highest BCUT2D eigenvalue weighted by atomic mass is 19.4. The third kappa shape index (κ3) is 3.33. The number of alkyl halides is 3. The van der Waals surface area contributed by atoms with E-state index in [1.165, 1.54) is 17.9 Å². The number of anilines is 1. The second-order valence-corrected chi connectivity index (χ2v) is 4.55. The van der Waals surface area contributed by atoms with Gasteiger partial charge in [0.15, 0.2) is 11.4 Å². The number of carbonyl (C=O) groups excluding carboxylic acids is 2. The van der Waals surface area contributed by atoms with Crippen molar-refractivity contribution in [1.82, 2.24) is 19.6 Å². The van der Waals surface area contributed by atoms with Crippen LogP contribution in [-0.4, -0.2) is 38.5 Å². The normalized spacial score (nSPS) is 11.4. The third-order valence-corrected chi connectivity index (χ3v) is 2.86. The molecule has 0 saturated carbocycles. The van der Waals surface area contributed by atoms with Gasteiger partial charge in [-0.15, -0.1) is 0 Å². The van der Waals surface area contributed by atoms with E-state index in [2.05, 4.69) is 20.3 Å². The van der Waals surface area contributed by atoms with Crippen LogP contribution in [0, 0.1) is 0 Å². The average molecular weight is 331 g/mol. The van der Waals surface area contributed by atoms with E-state index < -0.39 is 29.4 Å². The number of hydrogen-bond acceptors (Lipinski definition) is 5. The maximum absolute atomic E-state index is 12.7. The van der Waals surface area contributed by atoms with Crippen molar-refractivity contribution in [3.63, 3.8) is 0 Å². The molecule has 0 atom stereocenters. The van der Waals surface area contributed by atoms with Gasteiger partial charge in [-0.2, -0.15) is 23.4 Å². The molecule has 2 heterocycles. The topological polar surface area (TPSA) is 91.0 Å². The number of ether oxygens (including phenoxy) is 1. The van der Waals surface area contributed by atoms with Gasteiger partial charge in [0.05, 0.1) is 12.8 Å². The lowest BCUT2D eigenvalue weighted by molar-refractivity contribution is -0.143. The zero-order valence-corrected chi connectivity index (χ0v) is 12.3. The molecule has 0 bridgehead atoms. The molecular formula is C12H12F3N5O3. The summed E-state index contributed by atoms with van der Waals surface area (Å²) < 4.78 is 44.4. The highest BCUT2D eigenvalue weighted by Crippen LogP contribution is 2.29.